The zero-order valence-electron chi connectivity index (χ0n) is 8.49. The predicted octanol–water partition coefficient (Wildman–Crippen LogP) is 2.68. The maximum absolute atomic E-state index is 11.9. The van der Waals surface area contributed by atoms with Crippen LogP contribution < -0.4 is 4.74 Å². The average Bonchev–Trinajstić information content (AvgIpc) is 2.23. The standard InChI is InChI=1S/C12H14O2/c1-3-10-8(2)12(13)9-6-4-5-7-11(9)14-10/h4-8,10H,3H2,1-2H3. The van der Waals surface area contributed by atoms with Crippen LogP contribution in [0, 0.1) is 5.92 Å². The van der Waals surface area contributed by atoms with E-state index in [9.17, 15) is 4.79 Å². The lowest BCUT2D eigenvalue weighted by atomic mass is 9.90. The van der Waals surface area contributed by atoms with Gasteiger partial charge in [0.1, 0.15) is 11.9 Å². The Morgan fingerprint density at radius 1 is 1.36 bits per heavy atom. The van der Waals surface area contributed by atoms with Gasteiger partial charge in [-0.1, -0.05) is 26.0 Å². The van der Waals surface area contributed by atoms with E-state index in [1.165, 1.54) is 0 Å². The first-order valence-electron chi connectivity index (χ1n) is 5.04. The van der Waals surface area contributed by atoms with Gasteiger partial charge < -0.3 is 4.74 Å². The van der Waals surface area contributed by atoms with E-state index < -0.39 is 0 Å². The first-order valence-corrected chi connectivity index (χ1v) is 5.04. The van der Waals surface area contributed by atoms with Gasteiger partial charge in [0, 0.05) is 0 Å². The van der Waals surface area contributed by atoms with E-state index in [4.69, 9.17) is 4.74 Å². The number of fused-ring (bicyclic) bond motifs is 1. The Kier molecular flexibility index (Phi) is 2.28. The van der Waals surface area contributed by atoms with Gasteiger partial charge in [0.15, 0.2) is 5.78 Å². The van der Waals surface area contributed by atoms with Crippen molar-refractivity contribution in [1.82, 2.24) is 0 Å². The molecule has 0 bridgehead atoms. The lowest BCUT2D eigenvalue weighted by molar-refractivity contribution is 0.0683. The molecule has 0 spiro atoms. The van der Waals surface area contributed by atoms with E-state index >= 15 is 0 Å². The molecular formula is C12H14O2. The van der Waals surface area contributed by atoms with Crippen LogP contribution in [-0.2, 0) is 0 Å². The molecule has 0 amide bonds. The van der Waals surface area contributed by atoms with E-state index in [0.29, 0.717) is 0 Å². The van der Waals surface area contributed by atoms with Crippen LogP contribution in [0.1, 0.15) is 30.6 Å². The Hall–Kier alpha value is -1.31. The third-order valence-corrected chi connectivity index (χ3v) is 2.80. The first-order chi connectivity index (χ1) is 6.74. The van der Waals surface area contributed by atoms with Crippen LogP contribution in [0.25, 0.3) is 0 Å². The van der Waals surface area contributed by atoms with E-state index in [-0.39, 0.29) is 17.8 Å². The number of benzene rings is 1. The summed E-state index contributed by atoms with van der Waals surface area (Å²) >= 11 is 0. The summed E-state index contributed by atoms with van der Waals surface area (Å²) in [6.07, 6.45) is 0.915. The molecule has 1 aromatic rings. The molecule has 0 aliphatic carbocycles. The molecule has 0 aromatic heterocycles. The van der Waals surface area contributed by atoms with Crippen molar-refractivity contribution in [3.8, 4) is 5.75 Å². The van der Waals surface area contributed by atoms with Gasteiger partial charge in [-0.25, -0.2) is 0 Å². The van der Waals surface area contributed by atoms with Gasteiger partial charge in [-0.2, -0.15) is 0 Å². The maximum atomic E-state index is 11.9. The minimum Gasteiger partial charge on any atom is -0.489 e. The van der Waals surface area contributed by atoms with Crippen LogP contribution in [-0.4, -0.2) is 11.9 Å². The number of rotatable bonds is 1. The van der Waals surface area contributed by atoms with Gasteiger partial charge >= 0.3 is 0 Å². The quantitative estimate of drug-likeness (QED) is 0.680. The summed E-state index contributed by atoms with van der Waals surface area (Å²) in [4.78, 5) is 11.9. The molecule has 0 saturated carbocycles. The zero-order valence-corrected chi connectivity index (χ0v) is 8.49. The molecule has 2 atom stereocenters. The molecule has 0 saturated heterocycles. The summed E-state index contributed by atoms with van der Waals surface area (Å²) in [7, 11) is 0. The third kappa shape index (κ3) is 1.31. The molecule has 14 heavy (non-hydrogen) atoms. The summed E-state index contributed by atoms with van der Waals surface area (Å²) in [6, 6.07) is 7.47. The molecule has 1 aliphatic rings. The van der Waals surface area contributed by atoms with Crippen molar-refractivity contribution in [1.29, 1.82) is 0 Å². The Balaban J connectivity index is 2.42. The van der Waals surface area contributed by atoms with Gasteiger partial charge in [-0.15, -0.1) is 0 Å². The van der Waals surface area contributed by atoms with E-state index in [1.807, 2.05) is 38.1 Å². The molecule has 1 aromatic carbocycles. The van der Waals surface area contributed by atoms with Gasteiger partial charge in [0.2, 0.25) is 0 Å². The van der Waals surface area contributed by atoms with Crippen molar-refractivity contribution in [3.63, 3.8) is 0 Å². The molecule has 74 valence electrons. The first kappa shape index (κ1) is 9.25. The highest BCUT2D eigenvalue weighted by molar-refractivity contribution is 6.01. The Morgan fingerprint density at radius 2 is 2.07 bits per heavy atom. The van der Waals surface area contributed by atoms with Crippen LogP contribution in [0.5, 0.6) is 5.75 Å². The van der Waals surface area contributed by atoms with Crippen molar-refractivity contribution in [3.05, 3.63) is 29.8 Å². The number of carbonyl (C=O) groups excluding carboxylic acids is 1. The lowest BCUT2D eigenvalue weighted by Gasteiger charge is -2.29. The number of Topliss-reactive ketones (excluding diaryl/α,β-unsaturated/α-hetero) is 1. The van der Waals surface area contributed by atoms with Crippen LogP contribution in [0.3, 0.4) is 0 Å². The Labute approximate surface area is 83.9 Å². The van der Waals surface area contributed by atoms with Crippen molar-refractivity contribution in [2.45, 2.75) is 26.4 Å². The Bertz CT molecular complexity index is 357. The topological polar surface area (TPSA) is 26.3 Å². The number of ether oxygens (including phenoxy) is 1. The fourth-order valence-electron chi connectivity index (χ4n) is 1.89. The van der Waals surface area contributed by atoms with Gasteiger partial charge in [-0.05, 0) is 18.6 Å². The SMILES string of the molecule is CCC1Oc2ccccc2C(=O)C1C. The van der Waals surface area contributed by atoms with E-state index in [0.717, 1.165) is 17.7 Å². The summed E-state index contributed by atoms with van der Waals surface area (Å²) in [5.74, 6) is 0.927. The van der Waals surface area contributed by atoms with Crippen molar-refractivity contribution < 1.29 is 9.53 Å². The molecule has 1 heterocycles. The zero-order chi connectivity index (χ0) is 10.1. The second kappa shape index (κ2) is 3.45. The largest absolute Gasteiger partial charge is 0.489 e. The molecule has 0 radical (unpaired) electrons. The monoisotopic (exact) mass is 190 g/mol. The minimum absolute atomic E-state index is 0.0186. The van der Waals surface area contributed by atoms with Gasteiger partial charge in [0.25, 0.3) is 0 Å². The van der Waals surface area contributed by atoms with Crippen LogP contribution in [0.2, 0.25) is 0 Å². The summed E-state index contributed by atoms with van der Waals surface area (Å²) in [5.41, 5.74) is 0.727. The van der Waals surface area contributed by atoms with Crippen LogP contribution in [0.15, 0.2) is 24.3 Å². The van der Waals surface area contributed by atoms with Gasteiger partial charge in [0.05, 0.1) is 11.5 Å². The molecule has 0 fully saturated rings. The molecule has 2 rings (SSSR count). The molecular weight excluding hydrogens is 176 g/mol. The average molecular weight is 190 g/mol. The minimum atomic E-state index is -0.0186. The van der Waals surface area contributed by atoms with Crippen molar-refractivity contribution in [2.75, 3.05) is 0 Å². The lowest BCUT2D eigenvalue weighted by Crippen LogP contribution is -2.35. The molecule has 1 aliphatic heterocycles. The van der Waals surface area contributed by atoms with Gasteiger partial charge in [-0.3, -0.25) is 4.79 Å². The molecule has 2 unspecified atom stereocenters. The number of hydrogen-bond acceptors (Lipinski definition) is 2. The molecule has 2 heteroatoms. The summed E-state index contributed by atoms with van der Waals surface area (Å²) in [5, 5.41) is 0. The number of carbonyl (C=O) groups is 1. The third-order valence-electron chi connectivity index (χ3n) is 2.80. The molecule has 2 nitrogen and oxygen atoms in total. The van der Waals surface area contributed by atoms with Crippen molar-refractivity contribution >= 4 is 5.78 Å². The van der Waals surface area contributed by atoms with Crippen LogP contribution in [0.4, 0.5) is 0 Å². The van der Waals surface area contributed by atoms with Crippen molar-refractivity contribution in [2.24, 2.45) is 5.92 Å². The normalized spacial score (nSPS) is 25.4. The Morgan fingerprint density at radius 3 is 2.79 bits per heavy atom. The van der Waals surface area contributed by atoms with E-state index in [1.54, 1.807) is 0 Å². The number of para-hydroxylation sites is 1. The predicted molar refractivity (Wildman–Crippen MR) is 54.6 cm³/mol. The summed E-state index contributed by atoms with van der Waals surface area (Å²) in [6.45, 7) is 3.98. The fraction of sp³-hybridized carbons (Fsp3) is 0.417. The highest BCUT2D eigenvalue weighted by Gasteiger charge is 2.32. The smallest absolute Gasteiger partial charge is 0.173 e. The highest BCUT2D eigenvalue weighted by atomic mass is 16.5. The summed E-state index contributed by atoms with van der Waals surface area (Å²) < 4.78 is 5.74. The number of ketones is 1. The second-order valence-electron chi connectivity index (χ2n) is 3.71. The molecule has 0 N–H and O–H groups in total. The fourth-order valence-corrected chi connectivity index (χ4v) is 1.89. The highest BCUT2D eigenvalue weighted by Crippen LogP contribution is 2.31. The van der Waals surface area contributed by atoms with E-state index in [2.05, 4.69) is 0 Å². The number of hydrogen-bond donors (Lipinski definition) is 0. The maximum Gasteiger partial charge on any atom is 0.173 e. The van der Waals surface area contributed by atoms with Crippen LogP contribution >= 0.6 is 0 Å². The second-order valence-corrected chi connectivity index (χ2v) is 3.71.